The van der Waals surface area contributed by atoms with Crippen LogP contribution in [-0.4, -0.2) is 31.6 Å². The second-order valence-electron chi connectivity index (χ2n) is 5.27. The lowest BCUT2D eigenvalue weighted by molar-refractivity contribution is -0.117. The first-order valence-corrected chi connectivity index (χ1v) is 8.94. The van der Waals surface area contributed by atoms with Crippen molar-refractivity contribution in [2.75, 3.05) is 17.2 Å². The summed E-state index contributed by atoms with van der Waals surface area (Å²) in [5.41, 5.74) is 0.662. The summed E-state index contributed by atoms with van der Waals surface area (Å²) in [7, 11) is -4.58. The van der Waals surface area contributed by atoms with Gasteiger partial charge in [0.1, 0.15) is 0 Å². The number of aromatic nitrogens is 1. The Labute approximate surface area is 135 Å². The van der Waals surface area contributed by atoms with Crippen molar-refractivity contribution in [3.05, 3.63) is 35.1 Å². The summed E-state index contributed by atoms with van der Waals surface area (Å²) in [6.45, 7) is 0.188. The van der Waals surface area contributed by atoms with E-state index in [4.69, 9.17) is 0 Å². The van der Waals surface area contributed by atoms with Gasteiger partial charge < -0.3 is 4.90 Å². The van der Waals surface area contributed by atoms with Gasteiger partial charge in [-0.25, -0.2) is 0 Å². The van der Waals surface area contributed by atoms with Crippen molar-refractivity contribution in [2.24, 2.45) is 5.92 Å². The topological polar surface area (TPSA) is 67.3 Å². The zero-order valence-corrected chi connectivity index (χ0v) is 13.8. The van der Waals surface area contributed by atoms with E-state index in [9.17, 15) is 17.1 Å². The molecule has 1 atom stereocenters. The quantitative estimate of drug-likeness (QED) is 0.760. The molecule has 1 amide bonds. The highest BCUT2D eigenvalue weighted by atomic mass is 79.9. The summed E-state index contributed by atoms with van der Waals surface area (Å²) in [4.78, 5) is 17.8. The lowest BCUT2D eigenvalue weighted by Crippen LogP contribution is -2.25. The smallest absolute Gasteiger partial charge is 0.302 e. The average Bonchev–Trinajstić information content (AvgIpc) is 2.78. The normalized spacial score (nSPS) is 19.1. The number of carbonyl (C=O) groups is 1. The number of benzene rings is 1. The van der Waals surface area contributed by atoms with E-state index in [1.54, 1.807) is 18.5 Å². The van der Waals surface area contributed by atoms with Crippen LogP contribution in [0.2, 0.25) is 0 Å². The van der Waals surface area contributed by atoms with Gasteiger partial charge in [0.2, 0.25) is 5.91 Å². The van der Waals surface area contributed by atoms with Gasteiger partial charge in [0.05, 0.1) is 11.4 Å². The molecule has 1 unspecified atom stereocenters. The highest BCUT2D eigenvalue weighted by Gasteiger charge is 2.34. The Morgan fingerprint density at radius 2 is 2.09 bits per heavy atom. The van der Waals surface area contributed by atoms with Gasteiger partial charge in [0.25, 0.3) is 0 Å². The first-order valence-electron chi connectivity index (χ1n) is 6.60. The molecule has 1 aromatic carbocycles. The molecule has 8 heteroatoms. The Balaban J connectivity index is 1.98. The molecule has 1 aliphatic rings. The van der Waals surface area contributed by atoms with Crippen molar-refractivity contribution in [3.8, 4) is 0 Å². The summed E-state index contributed by atoms with van der Waals surface area (Å²) in [5, 5.41) is 1.69. The van der Waals surface area contributed by atoms with Crippen molar-refractivity contribution < 1.29 is 17.1 Å². The Morgan fingerprint density at radius 1 is 1.32 bits per heavy atom. The van der Waals surface area contributed by atoms with Crippen LogP contribution in [-0.2, 0) is 15.0 Å². The van der Waals surface area contributed by atoms with Gasteiger partial charge in [-0.3, -0.25) is 9.78 Å². The van der Waals surface area contributed by atoms with E-state index in [-0.39, 0.29) is 18.9 Å². The standard InChI is InChI=1S/C14H12BrFN2O3S/c15-12-1-2-13(11-6-17-4-3-10(11)12)18-7-9(5-14(18)19)8-22(16,20)21/h1-4,6,9H,5,7-8H2. The summed E-state index contributed by atoms with van der Waals surface area (Å²) < 4.78 is 35.3. The molecular formula is C14H12BrFN2O3S. The van der Waals surface area contributed by atoms with Gasteiger partial charge in [-0.05, 0) is 18.2 Å². The fourth-order valence-electron chi connectivity index (χ4n) is 2.78. The van der Waals surface area contributed by atoms with Gasteiger partial charge in [-0.1, -0.05) is 15.9 Å². The molecule has 2 heterocycles. The zero-order valence-electron chi connectivity index (χ0n) is 11.4. The molecule has 5 nitrogen and oxygen atoms in total. The number of fused-ring (bicyclic) bond motifs is 1. The Morgan fingerprint density at radius 3 is 2.82 bits per heavy atom. The van der Waals surface area contributed by atoms with E-state index in [0.29, 0.717) is 5.69 Å². The predicted octanol–water partition coefficient (Wildman–Crippen LogP) is 2.65. The van der Waals surface area contributed by atoms with Gasteiger partial charge in [0.15, 0.2) is 0 Å². The van der Waals surface area contributed by atoms with Crippen LogP contribution >= 0.6 is 15.9 Å². The van der Waals surface area contributed by atoms with E-state index < -0.39 is 21.9 Å². The second-order valence-corrected chi connectivity index (χ2v) is 7.53. The van der Waals surface area contributed by atoms with Crippen LogP contribution in [0.1, 0.15) is 6.42 Å². The molecule has 0 N–H and O–H groups in total. The van der Waals surface area contributed by atoms with Crippen molar-refractivity contribution in [1.82, 2.24) is 4.98 Å². The van der Waals surface area contributed by atoms with Gasteiger partial charge >= 0.3 is 10.2 Å². The number of amides is 1. The summed E-state index contributed by atoms with van der Waals surface area (Å²) >= 11 is 3.45. The number of rotatable bonds is 3. The Bertz CT molecular complexity index is 856. The number of hydrogen-bond donors (Lipinski definition) is 0. The summed E-state index contributed by atoms with van der Waals surface area (Å²) in [6.07, 6.45) is 3.34. The molecule has 0 aliphatic carbocycles. The first kappa shape index (κ1) is 15.4. The lowest BCUT2D eigenvalue weighted by atomic mass is 10.1. The van der Waals surface area contributed by atoms with E-state index in [2.05, 4.69) is 20.9 Å². The number of carbonyl (C=O) groups excluding carboxylic acids is 1. The van der Waals surface area contributed by atoms with Crippen LogP contribution in [0, 0.1) is 5.92 Å². The van der Waals surface area contributed by atoms with Crippen molar-refractivity contribution in [2.45, 2.75) is 6.42 Å². The fourth-order valence-corrected chi connectivity index (χ4v) is 4.05. The fraction of sp³-hybridized carbons (Fsp3) is 0.286. The van der Waals surface area contributed by atoms with E-state index in [1.807, 2.05) is 12.1 Å². The third-order valence-electron chi connectivity index (χ3n) is 3.67. The summed E-state index contributed by atoms with van der Waals surface area (Å²) in [6, 6.07) is 5.43. The molecule has 0 saturated carbocycles. The molecule has 1 fully saturated rings. The molecule has 0 spiro atoms. The van der Waals surface area contributed by atoms with Crippen molar-refractivity contribution >= 4 is 48.5 Å². The predicted molar refractivity (Wildman–Crippen MR) is 84.8 cm³/mol. The van der Waals surface area contributed by atoms with Crippen LogP contribution in [0.5, 0.6) is 0 Å². The number of nitrogens with zero attached hydrogens (tertiary/aromatic N) is 2. The van der Waals surface area contributed by atoms with Crippen molar-refractivity contribution in [1.29, 1.82) is 0 Å². The number of hydrogen-bond acceptors (Lipinski definition) is 4. The molecule has 2 aromatic rings. The second kappa shape index (κ2) is 5.58. The largest absolute Gasteiger partial charge is 0.311 e. The first-order chi connectivity index (χ1) is 10.3. The Kier molecular flexibility index (Phi) is 3.90. The highest BCUT2D eigenvalue weighted by Crippen LogP contribution is 2.35. The van der Waals surface area contributed by atoms with E-state index in [1.165, 1.54) is 4.90 Å². The van der Waals surface area contributed by atoms with Crippen molar-refractivity contribution in [3.63, 3.8) is 0 Å². The minimum absolute atomic E-state index is 0.0287. The highest BCUT2D eigenvalue weighted by molar-refractivity contribution is 9.10. The summed E-state index contributed by atoms with van der Waals surface area (Å²) in [5.74, 6) is -1.36. The van der Waals surface area contributed by atoms with Crippen LogP contribution in [0.4, 0.5) is 9.57 Å². The maximum atomic E-state index is 12.8. The van der Waals surface area contributed by atoms with Crippen LogP contribution in [0.15, 0.2) is 35.1 Å². The van der Waals surface area contributed by atoms with E-state index >= 15 is 0 Å². The minimum Gasteiger partial charge on any atom is -0.311 e. The molecule has 0 bridgehead atoms. The molecule has 22 heavy (non-hydrogen) atoms. The van der Waals surface area contributed by atoms with Crippen LogP contribution < -0.4 is 4.90 Å². The van der Waals surface area contributed by atoms with Crippen LogP contribution in [0.25, 0.3) is 10.8 Å². The lowest BCUT2D eigenvalue weighted by Gasteiger charge is -2.19. The number of pyridine rings is 1. The molecular weight excluding hydrogens is 375 g/mol. The monoisotopic (exact) mass is 386 g/mol. The van der Waals surface area contributed by atoms with Gasteiger partial charge in [0, 0.05) is 46.5 Å². The molecule has 0 radical (unpaired) electrons. The Hall–Kier alpha value is -1.54. The molecule has 116 valence electrons. The third-order valence-corrected chi connectivity index (χ3v) is 5.23. The van der Waals surface area contributed by atoms with Gasteiger partial charge in [-0.2, -0.15) is 8.42 Å². The third kappa shape index (κ3) is 2.98. The number of halogens is 2. The molecule has 1 aliphatic heterocycles. The maximum absolute atomic E-state index is 12.8. The van der Waals surface area contributed by atoms with Gasteiger partial charge in [-0.15, -0.1) is 3.89 Å². The van der Waals surface area contributed by atoms with Crippen LogP contribution in [0.3, 0.4) is 0 Å². The maximum Gasteiger partial charge on any atom is 0.302 e. The molecule has 1 aromatic heterocycles. The zero-order chi connectivity index (χ0) is 15.9. The average molecular weight is 387 g/mol. The molecule has 3 rings (SSSR count). The number of anilines is 1. The SMILES string of the molecule is O=C1CC(CS(=O)(=O)F)CN1c1ccc(Br)c2ccncc12. The molecule has 1 saturated heterocycles. The minimum atomic E-state index is -4.58. The van der Waals surface area contributed by atoms with E-state index in [0.717, 1.165) is 15.2 Å².